The van der Waals surface area contributed by atoms with Gasteiger partial charge in [-0.2, -0.15) is 0 Å². The van der Waals surface area contributed by atoms with Gasteiger partial charge in [0, 0.05) is 31.6 Å². The summed E-state index contributed by atoms with van der Waals surface area (Å²) in [7, 11) is 0. The molecule has 2 amide bonds. The van der Waals surface area contributed by atoms with Crippen LogP contribution in [0, 0.1) is 0 Å². The van der Waals surface area contributed by atoms with E-state index < -0.39 is 0 Å². The van der Waals surface area contributed by atoms with Gasteiger partial charge in [-0.3, -0.25) is 25.3 Å². The van der Waals surface area contributed by atoms with Crippen LogP contribution in [0.5, 0.6) is 0 Å². The lowest BCUT2D eigenvalue weighted by molar-refractivity contribution is -0.123. The van der Waals surface area contributed by atoms with Gasteiger partial charge in [0.2, 0.25) is 5.91 Å². The third-order valence-electron chi connectivity index (χ3n) is 4.48. The van der Waals surface area contributed by atoms with Crippen molar-refractivity contribution in [1.82, 2.24) is 15.8 Å². The highest BCUT2D eigenvalue weighted by Gasteiger charge is 2.22. The number of nitrogens with zero attached hydrogens (tertiary/aromatic N) is 1. The molecule has 0 aliphatic carbocycles. The second-order valence-electron chi connectivity index (χ2n) is 6.83. The summed E-state index contributed by atoms with van der Waals surface area (Å²) in [5, 5.41) is 2.06. The van der Waals surface area contributed by atoms with Crippen molar-refractivity contribution in [3.63, 3.8) is 0 Å². The van der Waals surface area contributed by atoms with Crippen molar-refractivity contribution in [2.24, 2.45) is 0 Å². The molecule has 138 valence electrons. The normalized spacial score (nSPS) is 20.7. The van der Waals surface area contributed by atoms with E-state index in [0.29, 0.717) is 18.5 Å². The van der Waals surface area contributed by atoms with Crippen molar-refractivity contribution in [3.8, 4) is 0 Å². The molecule has 6 heteroatoms. The molecule has 0 saturated carbocycles. The molecule has 6 nitrogen and oxygen atoms in total. The fourth-order valence-electron chi connectivity index (χ4n) is 3.32. The molecule has 1 saturated heterocycles. The van der Waals surface area contributed by atoms with Gasteiger partial charge in [-0.05, 0) is 36.8 Å². The van der Waals surface area contributed by atoms with Gasteiger partial charge in [0.1, 0.15) is 0 Å². The largest absolute Gasteiger partial charge is 0.373 e. The number of rotatable bonds is 4. The number of ether oxygens (including phenoxy) is 1. The van der Waals surface area contributed by atoms with Crippen LogP contribution in [-0.2, 0) is 9.53 Å². The third-order valence-corrected chi connectivity index (χ3v) is 4.48. The second-order valence-corrected chi connectivity index (χ2v) is 6.83. The molecule has 2 atom stereocenters. The molecule has 3 rings (SSSR count). The van der Waals surface area contributed by atoms with Crippen LogP contribution >= 0.6 is 0 Å². The van der Waals surface area contributed by atoms with Gasteiger partial charge in [-0.25, -0.2) is 0 Å². The highest BCUT2D eigenvalue weighted by molar-refractivity contribution is 5.99. The molecule has 2 aromatic carbocycles. The highest BCUT2D eigenvalue weighted by atomic mass is 16.5. The topological polar surface area (TPSA) is 70.7 Å². The standard InChI is InChI=1S/C20H25N3O3/c1-14-12-23(13-15(2)26-14)10-9-19(24)21-22-20(25)18-8-7-16-5-3-4-6-17(16)11-18/h3-8,11,14-15H,9-10,12-13H2,1-2H3,(H,21,24)(H,22,25)/t14-,15-/m0/s1. The summed E-state index contributed by atoms with van der Waals surface area (Å²) < 4.78 is 5.68. The number of amides is 2. The number of hydrazine groups is 1. The fourth-order valence-corrected chi connectivity index (χ4v) is 3.32. The maximum Gasteiger partial charge on any atom is 0.269 e. The minimum Gasteiger partial charge on any atom is -0.373 e. The lowest BCUT2D eigenvalue weighted by Gasteiger charge is -2.35. The zero-order valence-electron chi connectivity index (χ0n) is 15.2. The molecular weight excluding hydrogens is 330 g/mol. The molecule has 0 radical (unpaired) electrons. The van der Waals surface area contributed by atoms with Crippen LogP contribution in [0.3, 0.4) is 0 Å². The fraction of sp³-hybridized carbons (Fsp3) is 0.400. The van der Waals surface area contributed by atoms with Crippen LogP contribution in [0.2, 0.25) is 0 Å². The van der Waals surface area contributed by atoms with Gasteiger partial charge in [0.25, 0.3) is 5.91 Å². The Morgan fingerprint density at radius 1 is 1.04 bits per heavy atom. The molecule has 2 N–H and O–H groups in total. The van der Waals surface area contributed by atoms with Gasteiger partial charge in [0.05, 0.1) is 12.2 Å². The second kappa shape index (κ2) is 8.29. The first kappa shape index (κ1) is 18.4. The molecule has 1 fully saturated rings. The lowest BCUT2D eigenvalue weighted by atomic mass is 10.1. The SMILES string of the molecule is C[C@H]1CN(CCC(=O)NNC(=O)c2ccc3ccccc3c2)C[C@H](C)O1. The van der Waals surface area contributed by atoms with Gasteiger partial charge in [0.15, 0.2) is 0 Å². The average Bonchev–Trinajstić information content (AvgIpc) is 2.63. The first-order valence-corrected chi connectivity index (χ1v) is 8.97. The zero-order chi connectivity index (χ0) is 18.5. The Kier molecular flexibility index (Phi) is 5.85. The number of hydrogen-bond acceptors (Lipinski definition) is 4. The Balaban J connectivity index is 1.46. The quantitative estimate of drug-likeness (QED) is 0.824. The molecule has 2 aromatic rings. The van der Waals surface area contributed by atoms with Crippen LogP contribution in [0.15, 0.2) is 42.5 Å². The van der Waals surface area contributed by atoms with E-state index in [9.17, 15) is 9.59 Å². The predicted molar refractivity (Wildman–Crippen MR) is 101 cm³/mol. The Bertz CT molecular complexity index is 783. The van der Waals surface area contributed by atoms with Crippen LogP contribution in [0.25, 0.3) is 10.8 Å². The van der Waals surface area contributed by atoms with E-state index in [1.165, 1.54) is 0 Å². The summed E-state index contributed by atoms with van der Waals surface area (Å²) in [6.07, 6.45) is 0.682. The van der Waals surface area contributed by atoms with Crippen molar-refractivity contribution < 1.29 is 14.3 Å². The lowest BCUT2D eigenvalue weighted by Crippen LogP contribution is -2.47. The van der Waals surface area contributed by atoms with E-state index in [-0.39, 0.29) is 24.0 Å². The molecule has 26 heavy (non-hydrogen) atoms. The number of morpholine rings is 1. The van der Waals surface area contributed by atoms with E-state index in [1.54, 1.807) is 6.07 Å². The number of benzene rings is 2. The van der Waals surface area contributed by atoms with Crippen LogP contribution < -0.4 is 10.9 Å². The predicted octanol–water partition coefficient (Wildman–Crippen LogP) is 2.10. The summed E-state index contributed by atoms with van der Waals surface area (Å²) in [5.74, 6) is -0.524. The highest BCUT2D eigenvalue weighted by Crippen LogP contribution is 2.15. The summed E-state index contributed by atoms with van der Waals surface area (Å²) >= 11 is 0. The first-order valence-electron chi connectivity index (χ1n) is 8.97. The number of fused-ring (bicyclic) bond motifs is 1. The smallest absolute Gasteiger partial charge is 0.269 e. The van der Waals surface area contributed by atoms with E-state index >= 15 is 0 Å². The van der Waals surface area contributed by atoms with Gasteiger partial charge in [-0.15, -0.1) is 0 Å². The Hall–Kier alpha value is -2.44. The van der Waals surface area contributed by atoms with Gasteiger partial charge in [-0.1, -0.05) is 30.3 Å². The summed E-state index contributed by atoms with van der Waals surface area (Å²) in [6.45, 7) is 6.36. The van der Waals surface area contributed by atoms with Crippen LogP contribution in [0.4, 0.5) is 0 Å². The third kappa shape index (κ3) is 4.80. The number of carbonyl (C=O) groups is 2. The van der Waals surface area contributed by atoms with Crippen LogP contribution in [0.1, 0.15) is 30.6 Å². The minimum atomic E-state index is -0.322. The summed E-state index contributed by atoms with van der Waals surface area (Å²) in [5.41, 5.74) is 5.50. The van der Waals surface area contributed by atoms with Crippen molar-refractivity contribution >= 4 is 22.6 Å². The molecule has 1 aliphatic heterocycles. The first-order chi connectivity index (χ1) is 12.5. The number of hydrogen-bond donors (Lipinski definition) is 2. The maximum absolute atomic E-state index is 12.2. The van der Waals surface area contributed by atoms with E-state index in [1.807, 2.05) is 50.2 Å². The van der Waals surface area contributed by atoms with Crippen LogP contribution in [-0.4, -0.2) is 48.6 Å². The molecule has 0 bridgehead atoms. The molecular formula is C20H25N3O3. The monoisotopic (exact) mass is 355 g/mol. The van der Waals surface area contributed by atoms with Crippen molar-refractivity contribution in [1.29, 1.82) is 0 Å². The Morgan fingerprint density at radius 2 is 1.73 bits per heavy atom. The Labute approximate surface area is 153 Å². The molecule has 0 aromatic heterocycles. The number of nitrogens with one attached hydrogen (secondary N) is 2. The van der Waals surface area contributed by atoms with Crippen molar-refractivity contribution in [2.45, 2.75) is 32.5 Å². The van der Waals surface area contributed by atoms with Crippen molar-refractivity contribution in [3.05, 3.63) is 48.0 Å². The molecule has 0 unspecified atom stereocenters. The molecule has 1 heterocycles. The van der Waals surface area contributed by atoms with E-state index in [0.717, 1.165) is 23.9 Å². The number of carbonyl (C=O) groups excluding carboxylic acids is 2. The molecule has 0 spiro atoms. The summed E-state index contributed by atoms with van der Waals surface area (Å²) in [4.78, 5) is 26.5. The Morgan fingerprint density at radius 3 is 2.46 bits per heavy atom. The van der Waals surface area contributed by atoms with Gasteiger partial charge >= 0.3 is 0 Å². The minimum absolute atomic E-state index is 0.175. The maximum atomic E-state index is 12.2. The molecule has 1 aliphatic rings. The van der Waals surface area contributed by atoms with Gasteiger partial charge < -0.3 is 4.74 Å². The van der Waals surface area contributed by atoms with Crippen molar-refractivity contribution in [2.75, 3.05) is 19.6 Å². The van der Waals surface area contributed by atoms with E-state index in [4.69, 9.17) is 4.74 Å². The zero-order valence-corrected chi connectivity index (χ0v) is 15.2. The average molecular weight is 355 g/mol. The summed E-state index contributed by atoms with van der Waals surface area (Å²) in [6, 6.07) is 13.3. The van der Waals surface area contributed by atoms with E-state index in [2.05, 4.69) is 15.8 Å².